The number of aliphatic hydroxyl groups is 1. The number of carbonyl (C=O) groups excluding carboxylic acids is 6. The Morgan fingerprint density at radius 2 is 1.10 bits per heavy atom. The minimum absolute atomic E-state index is 0.361. The molecule has 0 amide bonds. The second-order valence-electron chi connectivity index (χ2n) is 15.2. The Kier molecular flexibility index (Phi) is 11.0. The molecule has 8 atom stereocenters. The lowest BCUT2D eigenvalue weighted by molar-refractivity contribution is -0.287. The van der Waals surface area contributed by atoms with Crippen LogP contribution in [0, 0.1) is 5.92 Å². The third kappa shape index (κ3) is 7.31. The fourth-order valence-corrected chi connectivity index (χ4v) is 8.04. The SMILES string of the molecule is O=C(O)C[C@@H]1C(=O)O[C@@H]2C3COC(=O)c4cc(O)c(O)c(O)c4-c4c(cc(O)c(O)c4O)C(=O)O[C@H]2[C@H](OC(=O)c2cc(O)c(O)c4c2[C@H]1[C@H](O)C(=O)O4)[C@H](OC(=O)c1cc(O)c(O)c(O)c1)O3. The standard InChI is InChI=1S/C41H30O27/c42-13-1-8(2-14(43)24(13)49)35(56)68-41-34-33-31(64-39(60)12(6-19(47)48)22-23-11(38(59)67-34)5-17(46)27(52)32(23)65-40(61)30(22)55)18(63-41)7-62-36(57)9-3-15(44)25(50)28(53)20(9)21-10(37(58)66-33)4-16(45)26(51)29(21)54/h1-5,12,18,22,30-31,33-34,41-46,49-55H,6-7H2,(H,47,48)/t12-,18?,22-,30-,31+,33+,34-,41-/m0/s1. The lowest BCUT2D eigenvalue weighted by atomic mass is 9.76. The molecule has 4 aliphatic heterocycles. The Morgan fingerprint density at radius 1 is 0.588 bits per heavy atom. The number of esters is 6. The van der Waals surface area contributed by atoms with Gasteiger partial charge in [0.05, 0.1) is 34.6 Å². The van der Waals surface area contributed by atoms with Crippen molar-refractivity contribution in [3.05, 3.63) is 58.1 Å². The number of carbonyl (C=O) groups is 7. The predicted molar refractivity (Wildman–Crippen MR) is 206 cm³/mol. The highest BCUT2D eigenvalue weighted by Gasteiger charge is 2.58. The lowest BCUT2D eigenvalue weighted by Crippen LogP contribution is -2.63. The zero-order valence-electron chi connectivity index (χ0n) is 33.4. The summed E-state index contributed by atoms with van der Waals surface area (Å²) in [5, 5.41) is 137. The van der Waals surface area contributed by atoms with Crippen molar-refractivity contribution >= 4 is 41.8 Å². The number of ether oxygens (including phenoxy) is 7. The average molecular weight is 955 g/mol. The van der Waals surface area contributed by atoms with Gasteiger partial charge in [0.1, 0.15) is 12.7 Å². The minimum Gasteiger partial charge on any atom is -0.504 e. The summed E-state index contributed by atoms with van der Waals surface area (Å²) in [6, 6.07) is 2.36. The molecule has 1 fully saturated rings. The molecule has 27 heteroatoms. The van der Waals surface area contributed by atoms with Gasteiger partial charge in [0.25, 0.3) is 0 Å². The molecule has 68 heavy (non-hydrogen) atoms. The summed E-state index contributed by atoms with van der Waals surface area (Å²) in [5.74, 6) is -32.0. The number of benzene rings is 4. The van der Waals surface area contributed by atoms with E-state index < -0.39 is 211 Å². The van der Waals surface area contributed by atoms with Gasteiger partial charge in [-0.1, -0.05) is 0 Å². The molecular weight excluding hydrogens is 924 g/mol. The summed E-state index contributed by atoms with van der Waals surface area (Å²) >= 11 is 0. The Bertz CT molecular complexity index is 2900. The number of hydrogen-bond donors (Lipinski definition) is 13. The highest BCUT2D eigenvalue weighted by atomic mass is 16.7. The molecule has 13 N–H and O–H groups in total. The van der Waals surface area contributed by atoms with Crippen LogP contribution in [0.25, 0.3) is 11.1 Å². The van der Waals surface area contributed by atoms with E-state index in [0.29, 0.717) is 30.3 Å². The van der Waals surface area contributed by atoms with Crippen LogP contribution in [0.5, 0.6) is 69.0 Å². The molecule has 8 rings (SSSR count). The normalized spacial score (nSPS) is 24.3. The van der Waals surface area contributed by atoms with E-state index in [1.807, 2.05) is 0 Å². The number of phenolic OH excluding ortho intramolecular Hbond substituents is 11. The van der Waals surface area contributed by atoms with Crippen molar-refractivity contribution in [2.24, 2.45) is 5.92 Å². The number of aliphatic hydroxyl groups excluding tert-OH is 1. The zero-order chi connectivity index (χ0) is 49.5. The number of phenols is 11. The van der Waals surface area contributed by atoms with E-state index in [1.54, 1.807) is 0 Å². The van der Waals surface area contributed by atoms with E-state index in [-0.39, 0.29) is 0 Å². The Morgan fingerprint density at radius 3 is 1.69 bits per heavy atom. The van der Waals surface area contributed by atoms with E-state index in [9.17, 15) is 99.9 Å². The number of carboxylic acid groups (broad SMARTS) is 1. The average Bonchev–Trinajstić information content (AvgIpc) is 3.28. The predicted octanol–water partition coefficient (Wildman–Crippen LogP) is -0.00170. The molecule has 27 nitrogen and oxygen atoms in total. The largest absolute Gasteiger partial charge is 0.504 e. The van der Waals surface area contributed by atoms with Crippen LogP contribution in [0.15, 0.2) is 30.3 Å². The zero-order valence-corrected chi connectivity index (χ0v) is 33.4. The third-order valence-electron chi connectivity index (χ3n) is 11.2. The van der Waals surface area contributed by atoms with Gasteiger partial charge >= 0.3 is 41.8 Å². The molecule has 4 bridgehead atoms. The van der Waals surface area contributed by atoms with Gasteiger partial charge in [-0.15, -0.1) is 0 Å². The molecule has 0 aromatic heterocycles. The molecule has 0 saturated carbocycles. The smallest absolute Gasteiger partial charge is 0.341 e. The first-order chi connectivity index (χ1) is 32.0. The van der Waals surface area contributed by atoms with Gasteiger partial charge in [-0.05, 0) is 30.3 Å². The maximum absolute atomic E-state index is 14.6. The van der Waals surface area contributed by atoms with Crippen molar-refractivity contribution in [2.75, 3.05) is 6.61 Å². The maximum atomic E-state index is 14.6. The Labute approximate surface area is 374 Å². The number of hydrogen-bond acceptors (Lipinski definition) is 26. The number of carboxylic acids is 1. The van der Waals surface area contributed by atoms with Gasteiger partial charge in [0, 0.05) is 22.6 Å². The van der Waals surface area contributed by atoms with E-state index in [2.05, 4.69) is 0 Å². The molecule has 4 heterocycles. The third-order valence-corrected chi connectivity index (χ3v) is 11.2. The highest BCUT2D eigenvalue weighted by molar-refractivity contribution is 6.08. The van der Waals surface area contributed by atoms with Crippen molar-refractivity contribution in [1.82, 2.24) is 0 Å². The van der Waals surface area contributed by atoms with Crippen molar-refractivity contribution in [3.8, 4) is 80.1 Å². The van der Waals surface area contributed by atoms with Crippen LogP contribution < -0.4 is 4.74 Å². The molecule has 0 spiro atoms. The summed E-state index contributed by atoms with van der Waals surface area (Å²) in [6.07, 6.45) is -16.3. The van der Waals surface area contributed by atoms with Crippen molar-refractivity contribution in [1.29, 1.82) is 0 Å². The molecule has 0 aliphatic carbocycles. The number of cyclic esters (lactones) is 1. The van der Waals surface area contributed by atoms with Gasteiger partial charge in [-0.3, -0.25) is 9.59 Å². The summed E-state index contributed by atoms with van der Waals surface area (Å²) < 4.78 is 38.8. The topological polar surface area (TPSA) is 447 Å². The fraction of sp³-hybridized carbons (Fsp3) is 0.244. The highest BCUT2D eigenvalue weighted by Crippen LogP contribution is 2.54. The van der Waals surface area contributed by atoms with Gasteiger partial charge in [0.15, 0.2) is 70.1 Å². The maximum Gasteiger partial charge on any atom is 0.341 e. The molecular formula is C41H30O27. The Hall–Kier alpha value is -9.11. The molecule has 4 aromatic carbocycles. The van der Waals surface area contributed by atoms with Crippen LogP contribution in [0.3, 0.4) is 0 Å². The second-order valence-corrected chi connectivity index (χ2v) is 15.2. The molecule has 4 aromatic rings. The van der Waals surface area contributed by atoms with Crippen LogP contribution >= 0.6 is 0 Å². The van der Waals surface area contributed by atoms with Crippen molar-refractivity contribution in [2.45, 2.75) is 49.1 Å². The van der Waals surface area contributed by atoms with Gasteiger partial charge < -0.3 is 99.5 Å². The minimum atomic E-state index is -2.58. The van der Waals surface area contributed by atoms with Crippen LogP contribution in [0.4, 0.5) is 0 Å². The van der Waals surface area contributed by atoms with Crippen molar-refractivity contribution < 1.29 is 133 Å². The summed E-state index contributed by atoms with van der Waals surface area (Å²) in [6.45, 7) is -1.31. The first-order valence-electron chi connectivity index (χ1n) is 19.2. The van der Waals surface area contributed by atoms with Crippen LogP contribution in [-0.4, -0.2) is 152 Å². The molecule has 4 aliphatic rings. The first kappa shape index (κ1) is 45.5. The number of aliphatic carboxylic acids is 1. The van der Waals surface area contributed by atoms with E-state index in [1.165, 1.54) is 0 Å². The quantitative estimate of drug-likeness (QED) is 0.0554. The number of rotatable bonds is 4. The molecule has 1 unspecified atom stereocenters. The number of fused-ring (bicyclic) bond motifs is 3. The van der Waals surface area contributed by atoms with Gasteiger partial charge in [-0.25, -0.2) is 24.0 Å². The molecule has 0 radical (unpaired) electrons. The molecule has 356 valence electrons. The van der Waals surface area contributed by atoms with Crippen LogP contribution in [-0.2, 0) is 42.8 Å². The second kappa shape index (κ2) is 16.4. The lowest BCUT2D eigenvalue weighted by Gasteiger charge is -2.44. The van der Waals surface area contributed by atoms with Crippen LogP contribution in [0.2, 0.25) is 0 Å². The van der Waals surface area contributed by atoms with E-state index in [0.717, 1.165) is 0 Å². The molecule has 1 saturated heterocycles. The van der Waals surface area contributed by atoms with Gasteiger partial charge in [-0.2, -0.15) is 0 Å². The van der Waals surface area contributed by atoms with E-state index in [4.69, 9.17) is 33.2 Å². The van der Waals surface area contributed by atoms with Crippen molar-refractivity contribution in [3.63, 3.8) is 0 Å². The van der Waals surface area contributed by atoms with Crippen LogP contribution in [0.1, 0.15) is 59.3 Å². The Balaban J connectivity index is 1.39. The summed E-state index contributed by atoms with van der Waals surface area (Å²) in [4.78, 5) is 96.8. The van der Waals surface area contributed by atoms with E-state index >= 15 is 0 Å². The number of aromatic hydroxyl groups is 11. The van der Waals surface area contributed by atoms with Gasteiger partial charge in [0.2, 0.25) is 29.6 Å². The first-order valence-corrected chi connectivity index (χ1v) is 19.2. The fourth-order valence-electron chi connectivity index (χ4n) is 8.04. The summed E-state index contributed by atoms with van der Waals surface area (Å²) in [7, 11) is 0. The summed E-state index contributed by atoms with van der Waals surface area (Å²) in [5.41, 5.74) is -7.08. The monoisotopic (exact) mass is 954 g/mol.